The van der Waals surface area contributed by atoms with Gasteiger partial charge in [0.25, 0.3) is 0 Å². The minimum atomic E-state index is -4.19. The van der Waals surface area contributed by atoms with E-state index < -0.39 is 66.4 Å². The lowest BCUT2D eigenvalue weighted by molar-refractivity contribution is -0.321. The fourth-order valence-electron chi connectivity index (χ4n) is 3.01. The van der Waals surface area contributed by atoms with Crippen LogP contribution in [0.25, 0.3) is 0 Å². The number of ether oxygens (including phenoxy) is 3. The molecule has 10 heteroatoms. The van der Waals surface area contributed by atoms with Crippen molar-refractivity contribution in [1.82, 2.24) is 0 Å². The van der Waals surface area contributed by atoms with Gasteiger partial charge in [-0.1, -0.05) is 19.4 Å². The van der Waals surface area contributed by atoms with Gasteiger partial charge in [0.15, 0.2) is 35.4 Å². The average molecular weight is 438 g/mol. The summed E-state index contributed by atoms with van der Waals surface area (Å²) in [5, 5.41) is 0. The minimum absolute atomic E-state index is 0.0273. The highest BCUT2D eigenvalue weighted by molar-refractivity contribution is 5.28. The van der Waals surface area contributed by atoms with E-state index in [9.17, 15) is 30.7 Å². The molecule has 1 fully saturated rings. The molecular formula is C20H17F7O3. The molecule has 3 rings (SSSR count). The second-order valence-corrected chi connectivity index (χ2v) is 6.70. The molecule has 0 aliphatic carbocycles. The maximum Gasteiger partial charge on any atom is 0.386 e. The average Bonchev–Trinajstić information content (AvgIpc) is 2.69. The number of hydrogen-bond acceptors (Lipinski definition) is 3. The topological polar surface area (TPSA) is 27.7 Å². The van der Waals surface area contributed by atoms with E-state index in [1.165, 1.54) is 0 Å². The van der Waals surface area contributed by atoms with Gasteiger partial charge in [0, 0.05) is 5.56 Å². The molecule has 0 N–H and O–H groups in total. The summed E-state index contributed by atoms with van der Waals surface area (Å²) in [5.41, 5.74) is -1.50. The van der Waals surface area contributed by atoms with Crippen molar-refractivity contribution in [2.75, 3.05) is 13.2 Å². The summed E-state index contributed by atoms with van der Waals surface area (Å²) >= 11 is 0. The Labute approximate surface area is 167 Å². The third-order valence-corrected chi connectivity index (χ3v) is 4.46. The van der Waals surface area contributed by atoms with Crippen LogP contribution in [0.2, 0.25) is 0 Å². The minimum Gasteiger partial charge on any atom is -0.346 e. The first-order valence-corrected chi connectivity index (χ1v) is 9.04. The van der Waals surface area contributed by atoms with Gasteiger partial charge in [0.2, 0.25) is 0 Å². The summed E-state index contributed by atoms with van der Waals surface area (Å²) in [6.07, 6.45) is -6.23. The van der Waals surface area contributed by atoms with Crippen LogP contribution >= 0.6 is 0 Å². The summed E-state index contributed by atoms with van der Waals surface area (Å²) in [6, 6.07) is 3.11. The Morgan fingerprint density at radius 1 is 0.933 bits per heavy atom. The Hall–Kier alpha value is -2.17. The standard InChI is InChI=1S/C20H17F7O3/c1-2-3-10-4-5-13(17(24)16(10)23)20(26,27)30-12-8-28-19(29-9-12)11-6-14(21)18(25)15(22)7-11/h4-7,12,19H,2-3,8-9H2,1H3. The second-order valence-electron chi connectivity index (χ2n) is 6.70. The molecule has 0 aromatic heterocycles. The van der Waals surface area contributed by atoms with Crippen molar-refractivity contribution in [3.05, 3.63) is 70.0 Å². The lowest BCUT2D eigenvalue weighted by Crippen LogP contribution is -2.38. The van der Waals surface area contributed by atoms with Crippen LogP contribution in [0.5, 0.6) is 0 Å². The predicted octanol–water partition coefficient (Wildman–Crippen LogP) is 5.51. The fraction of sp³-hybridized carbons (Fsp3) is 0.400. The number of benzene rings is 2. The monoisotopic (exact) mass is 438 g/mol. The first kappa shape index (κ1) is 22.5. The van der Waals surface area contributed by atoms with Crippen LogP contribution in [0.1, 0.15) is 36.3 Å². The largest absolute Gasteiger partial charge is 0.386 e. The van der Waals surface area contributed by atoms with Crippen molar-refractivity contribution in [3.8, 4) is 0 Å². The van der Waals surface area contributed by atoms with Crippen LogP contribution in [-0.4, -0.2) is 19.3 Å². The van der Waals surface area contributed by atoms with Crippen molar-refractivity contribution in [3.63, 3.8) is 0 Å². The molecule has 3 nitrogen and oxygen atoms in total. The van der Waals surface area contributed by atoms with Crippen LogP contribution < -0.4 is 0 Å². The van der Waals surface area contributed by atoms with Gasteiger partial charge in [0.1, 0.15) is 6.10 Å². The Balaban J connectivity index is 1.67. The highest BCUT2D eigenvalue weighted by atomic mass is 19.3. The first-order chi connectivity index (χ1) is 14.1. The Bertz CT molecular complexity index is 889. The summed E-state index contributed by atoms with van der Waals surface area (Å²) in [5.74, 6) is -7.68. The summed E-state index contributed by atoms with van der Waals surface area (Å²) in [7, 11) is 0. The van der Waals surface area contributed by atoms with Gasteiger partial charge in [-0.25, -0.2) is 22.0 Å². The molecule has 0 spiro atoms. The lowest BCUT2D eigenvalue weighted by atomic mass is 10.1. The smallest absolute Gasteiger partial charge is 0.346 e. The molecule has 30 heavy (non-hydrogen) atoms. The van der Waals surface area contributed by atoms with Crippen molar-refractivity contribution >= 4 is 0 Å². The summed E-state index contributed by atoms with van der Waals surface area (Å²) in [6.45, 7) is 0.728. The van der Waals surface area contributed by atoms with Crippen LogP contribution in [0, 0.1) is 29.1 Å². The van der Waals surface area contributed by atoms with Gasteiger partial charge < -0.3 is 14.2 Å². The van der Waals surface area contributed by atoms with Gasteiger partial charge in [0.05, 0.1) is 18.8 Å². The van der Waals surface area contributed by atoms with Gasteiger partial charge in [-0.05, 0) is 30.2 Å². The molecule has 1 aliphatic rings. The second kappa shape index (κ2) is 8.91. The maximum atomic E-state index is 14.4. The lowest BCUT2D eigenvalue weighted by Gasteiger charge is -2.32. The van der Waals surface area contributed by atoms with E-state index >= 15 is 0 Å². The Morgan fingerprint density at radius 3 is 2.10 bits per heavy atom. The zero-order valence-electron chi connectivity index (χ0n) is 15.7. The normalized spacial score (nSPS) is 19.9. The molecule has 0 bridgehead atoms. The number of alkyl halides is 2. The van der Waals surface area contributed by atoms with E-state index in [0.717, 1.165) is 12.1 Å². The number of rotatable bonds is 6. The quantitative estimate of drug-likeness (QED) is 0.440. The van der Waals surface area contributed by atoms with E-state index in [1.807, 2.05) is 0 Å². The summed E-state index contributed by atoms with van der Waals surface area (Å²) < 4.78 is 111. The van der Waals surface area contributed by atoms with Gasteiger partial charge in [-0.3, -0.25) is 0 Å². The SMILES string of the molecule is CCCc1ccc(C(F)(F)OC2COC(c3cc(F)c(F)c(F)c3)OC2)c(F)c1F. The van der Waals surface area contributed by atoms with E-state index in [0.29, 0.717) is 18.6 Å². The van der Waals surface area contributed by atoms with Crippen LogP contribution in [0.15, 0.2) is 24.3 Å². The zero-order chi connectivity index (χ0) is 22.1. The fourth-order valence-corrected chi connectivity index (χ4v) is 3.01. The van der Waals surface area contributed by atoms with E-state index in [1.54, 1.807) is 6.92 Å². The number of hydrogen-bond donors (Lipinski definition) is 0. The zero-order valence-corrected chi connectivity index (χ0v) is 15.7. The molecule has 1 heterocycles. The molecule has 0 amide bonds. The third-order valence-electron chi connectivity index (χ3n) is 4.46. The molecule has 0 atom stereocenters. The summed E-state index contributed by atoms with van der Waals surface area (Å²) in [4.78, 5) is 0. The Morgan fingerprint density at radius 2 is 1.53 bits per heavy atom. The molecule has 2 aromatic carbocycles. The van der Waals surface area contributed by atoms with E-state index in [-0.39, 0.29) is 17.5 Å². The Kier molecular flexibility index (Phi) is 6.68. The highest BCUT2D eigenvalue weighted by Gasteiger charge is 2.41. The molecule has 0 saturated carbocycles. The number of halogens is 7. The predicted molar refractivity (Wildman–Crippen MR) is 90.1 cm³/mol. The molecule has 1 aliphatic heterocycles. The highest BCUT2D eigenvalue weighted by Crippen LogP contribution is 2.36. The third kappa shape index (κ3) is 4.60. The van der Waals surface area contributed by atoms with Crippen LogP contribution in [0.4, 0.5) is 30.7 Å². The molecule has 164 valence electrons. The van der Waals surface area contributed by atoms with Crippen LogP contribution in [0.3, 0.4) is 0 Å². The molecule has 0 radical (unpaired) electrons. The van der Waals surface area contributed by atoms with Gasteiger partial charge in [-0.2, -0.15) is 8.78 Å². The first-order valence-electron chi connectivity index (χ1n) is 9.04. The van der Waals surface area contributed by atoms with Gasteiger partial charge in [-0.15, -0.1) is 0 Å². The van der Waals surface area contributed by atoms with E-state index in [2.05, 4.69) is 4.74 Å². The van der Waals surface area contributed by atoms with E-state index in [4.69, 9.17) is 9.47 Å². The number of aryl methyl sites for hydroxylation is 1. The van der Waals surface area contributed by atoms with Gasteiger partial charge >= 0.3 is 6.11 Å². The van der Waals surface area contributed by atoms with Crippen molar-refractivity contribution in [1.29, 1.82) is 0 Å². The van der Waals surface area contributed by atoms with Crippen molar-refractivity contribution < 1.29 is 44.9 Å². The maximum absolute atomic E-state index is 14.4. The van der Waals surface area contributed by atoms with Crippen LogP contribution in [-0.2, 0) is 26.7 Å². The van der Waals surface area contributed by atoms with Crippen molar-refractivity contribution in [2.45, 2.75) is 38.3 Å². The molecular weight excluding hydrogens is 421 g/mol. The molecule has 1 saturated heterocycles. The molecule has 0 unspecified atom stereocenters. The molecule has 2 aromatic rings. The van der Waals surface area contributed by atoms with Crippen molar-refractivity contribution in [2.24, 2.45) is 0 Å².